The van der Waals surface area contributed by atoms with E-state index in [0.717, 1.165) is 32.5 Å². The van der Waals surface area contributed by atoms with Crippen LogP contribution in [0.5, 0.6) is 5.75 Å². The molecule has 1 aromatic carbocycles. The topological polar surface area (TPSA) is 69.8 Å². The molecule has 5 heteroatoms. The van der Waals surface area contributed by atoms with Crippen LogP contribution in [-0.2, 0) is 0 Å². The highest BCUT2D eigenvalue weighted by atomic mass is 16.3. The zero-order valence-electron chi connectivity index (χ0n) is 12.2. The lowest BCUT2D eigenvalue weighted by Crippen LogP contribution is -2.43. The summed E-state index contributed by atoms with van der Waals surface area (Å²) in [5, 5.41) is 10.00. The van der Waals surface area contributed by atoms with Crippen LogP contribution in [0.3, 0.4) is 0 Å². The van der Waals surface area contributed by atoms with E-state index in [2.05, 4.69) is 18.9 Å². The summed E-state index contributed by atoms with van der Waals surface area (Å²) in [7, 11) is 2.08. The monoisotopic (exact) mass is 277 g/mol. The number of hydrogen-bond acceptors (Lipinski definition) is 4. The van der Waals surface area contributed by atoms with Crippen LogP contribution in [0.25, 0.3) is 0 Å². The Morgan fingerprint density at radius 1 is 1.45 bits per heavy atom. The van der Waals surface area contributed by atoms with E-state index in [4.69, 9.17) is 5.73 Å². The van der Waals surface area contributed by atoms with Gasteiger partial charge in [-0.3, -0.25) is 4.79 Å². The van der Waals surface area contributed by atoms with Crippen molar-refractivity contribution < 1.29 is 9.90 Å². The number of benzene rings is 1. The SMILES string of the molecule is CCC1CN(C)CCCN1C(=O)c1cccc(N)c1O. The molecule has 0 saturated carbocycles. The van der Waals surface area contributed by atoms with Gasteiger partial charge in [-0.15, -0.1) is 0 Å². The summed E-state index contributed by atoms with van der Waals surface area (Å²) in [6, 6.07) is 5.11. The number of nitrogens with two attached hydrogens (primary N) is 1. The predicted octanol–water partition coefficient (Wildman–Crippen LogP) is 1.53. The number of carbonyl (C=O) groups is 1. The molecule has 0 bridgehead atoms. The van der Waals surface area contributed by atoms with Crippen molar-refractivity contribution in [1.82, 2.24) is 9.80 Å². The Balaban J connectivity index is 2.28. The van der Waals surface area contributed by atoms with Gasteiger partial charge in [0.2, 0.25) is 0 Å². The van der Waals surface area contributed by atoms with Crippen molar-refractivity contribution in [1.29, 1.82) is 0 Å². The first-order valence-electron chi connectivity index (χ1n) is 7.11. The molecule has 1 fully saturated rings. The first-order valence-corrected chi connectivity index (χ1v) is 7.11. The summed E-state index contributed by atoms with van der Waals surface area (Å²) < 4.78 is 0. The van der Waals surface area contributed by atoms with E-state index in [-0.39, 0.29) is 23.4 Å². The summed E-state index contributed by atoms with van der Waals surface area (Å²) in [6.45, 7) is 4.66. The molecule has 1 aliphatic rings. The second-order valence-electron chi connectivity index (χ2n) is 5.42. The number of carbonyl (C=O) groups excluding carboxylic acids is 1. The van der Waals surface area contributed by atoms with Crippen molar-refractivity contribution in [3.05, 3.63) is 23.8 Å². The third-order valence-corrected chi connectivity index (χ3v) is 3.93. The standard InChI is InChI=1S/C15H23N3O2/c1-3-11-10-17(2)8-5-9-18(11)15(20)12-6-4-7-13(16)14(12)19/h4,6-7,11,19H,3,5,8-10,16H2,1-2H3. The molecule has 1 amide bonds. The highest BCUT2D eigenvalue weighted by Crippen LogP contribution is 2.27. The van der Waals surface area contributed by atoms with Gasteiger partial charge < -0.3 is 20.6 Å². The molecule has 1 heterocycles. The average Bonchev–Trinajstić information content (AvgIpc) is 2.62. The Bertz CT molecular complexity index is 490. The molecule has 0 aromatic heterocycles. The third-order valence-electron chi connectivity index (χ3n) is 3.93. The number of anilines is 1. The highest BCUT2D eigenvalue weighted by Gasteiger charge is 2.28. The number of nitrogen functional groups attached to an aromatic ring is 1. The van der Waals surface area contributed by atoms with E-state index in [1.54, 1.807) is 18.2 Å². The number of para-hydroxylation sites is 1. The first kappa shape index (κ1) is 14.7. The van der Waals surface area contributed by atoms with Crippen molar-refractivity contribution in [2.75, 3.05) is 32.4 Å². The normalized spacial score (nSPS) is 20.7. The number of aromatic hydroxyl groups is 1. The number of amides is 1. The summed E-state index contributed by atoms with van der Waals surface area (Å²) in [6.07, 6.45) is 1.85. The van der Waals surface area contributed by atoms with Crippen molar-refractivity contribution in [2.45, 2.75) is 25.8 Å². The van der Waals surface area contributed by atoms with Crippen molar-refractivity contribution in [3.8, 4) is 5.75 Å². The summed E-state index contributed by atoms with van der Waals surface area (Å²) in [5.74, 6) is -0.234. The van der Waals surface area contributed by atoms with Gasteiger partial charge in [-0.05, 0) is 38.6 Å². The first-order chi connectivity index (χ1) is 9.54. The van der Waals surface area contributed by atoms with Gasteiger partial charge in [-0.1, -0.05) is 13.0 Å². The lowest BCUT2D eigenvalue weighted by atomic mass is 10.1. The van der Waals surface area contributed by atoms with E-state index in [0.29, 0.717) is 5.56 Å². The highest BCUT2D eigenvalue weighted by molar-refractivity contribution is 5.98. The number of hydrogen-bond donors (Lipinski definition) is 2. The van der Waals surface area contributed by atoms with Crippen LogP contribution in [0.2, 0.25) is 0 Å². The van der Waals surface area contributed by atoms with Gasteiger partial charge in [0.15, 0.2) is 5.75 Å². The van der Waals surface area contributed by atoms with Gasteiger partial charge in [-0.25, -0.2) is 0 Å². The Hall–Kier alpha value is -1.75. The van der Waals surface area contributed by atoms with Crippen LogP contribution in [0, 0.1) is 0 Å². The minimum absolute atomic E-state index is 0.107. The molecule has 20 heavy (non-hydrogen) atoms. The number of nitrogens with zero attached hydrogens (tertiary/aromatic N) is 2. The summed E-state index contributed by atoms with van der Waals surface area (Å²) >= 11 is 0. The third kappa shape index (κ3) is 2.88. The summed E-state index contributed by atoms with van der Waals surface area (Å²) in [4.78, 5) is 16.8. The number of likely N-dealkylation sites (N-methyl/N-ethyl adjacent to an activating group) is 1. The van der Waals surface area contributed by atoms with E-state index < -0.39 is 0 Å². The van der Waals surface area contributed by atoms with Crippen LogP contribution in [0.15, 0.2) is 18.2 Å². The minimum Gasteiger partial charge on any atom is -0.505 e. The van der Waals surface area contributed by atoms with E-state index in [1.165, 1.54) is 0 Å². The number of phenolic OH excluding ortho intramolecular Hbond substituents is 1. The van der Waals surface area contributed by atoms with E-state index in [9.17, 15) is 9.90 Å². The fourth-order valence-electron chi connectivity index (χ4n) is 2.75. The zero-order valence-corrected chi connectivity index (χ0v) is 12.2. The second kappa shape index (κ2) is 6.13. The second-order valence-corrected chi connectivity index (χ2v) is 5.42. The molecule has 3 N–H and O–H groups in total. The van der Waals surface area contributed by atoms with Crippen LogP contribution in [0.1, 0.15) is 30.1 Å². The molecule has 1 saturated heterocycles. The van der Waals surface area contributed by atoms with Gasteiger partial charge in [0.05, 0.1) is 11.3 Å². The molecule has 110 valence electrons. The maximum absolute atomic E-state index is 12.7. The Labute approximate surface area is 120 Å². The van der Waals surface area contributed by atoms with Crippen molar-refractivity contribution in [2.24, 2.45) is 0 Å². The number of rotatable bonds is 2. The predicted molar refractivity (Wildman–Crippen MR) is 79.7 cm³/mol. The fourth-order valence-corrected chi connectivity index (χ4v) is 2.75. The molecule has 0 spiro atoms. The molecule has 1 unspecified atom stereocenters. The number of phenols is 1. The zero-order chi connectivity index (χ0) is 14.7. The molecule has 0 aliphatic carbocycles. The largest absolute Gasteiger partial charge is 0.505 e. The lowest BCUT2D eigenvalue weighted by Gasteiger charge is -2.30. The summed E-state index contributed by atoms with van der Waals surface area (Å²) in [5.41, 5.74) is 6.22. The smallest absolute Gasteiger partial charge is 0.257 e. The average molecular weight is 277 g/mol. The minimum atomic E-state index is -0.128. The van der Waals surface area contributed by atoms with Gasteiger partial charge >= 0.3 is 0 Å². The van der Waals surface area contributed by atoms with Gasteiger partial charge in [-0.2, -0.15) is 0 Å². The molecule has 1 aromatic rings. The van der Waals surface area contributed by atoms with Gasteiger partial charge in [0, 0.05) is 19.1 Å². The van der Waals surface area contributed by atoms with Crippen molar-refractivity contribution >= 4 is 11.6 Å². The van der Waals surface area contributed by atoms with E-state index in [1.807, 2.05) is 4.90 Å². The van der Waals surface area contributed by atoms with Crippen molar-refractivity contribution in [3.63, 3.8) is 0 Å². The lowest BCUT2D eigenvalue weighted by molar-refractivity contribution is 0.0673. The molecular weight excluding hydrogens is 254 g/mol. The molecule has 0 radical (unpaired) electrons. The maximum atomic E-state index is 12.7. The fraction of sp³-hybridized carbons (Fsp3) is 0.533. The van der Waals surface area contributed by atoms with Gasteiger partial charge in [0.25, 0.3) is 5.91 Å². The quantitative estimate of drug-likeness (QED) is 0.635. The Kier molecular flexibility index (Phi) is 4.49. The van der Waals surface area contributed by atoms with Gasteiger partial charge in [0.1, 0.15) is 0 Å². The van der Waals surface area contributed by atoms with Crippen LogP contribution >= 0.6 is 0 Å². The van der Waals surface area contributed by atoms with Crippen LogP contribution in [0.4, 0.5) is 5.69 Å². The molecular formula is C15H23N3O2. The Morgan fingerprint density at radius 3 is 2.90 bits per heavy atom. The van der Waals surface area contributed by atoms with Crippen LogP contribution < -0.4 is 5.73 Å². The Morgan fingerprint density at radius 2 is 2.20 bits per heavy atom. The molecule has 5 nitrogen and oxygen atoms in total. The maximum Gasteiger partial charge on any atom is 0.257 e. The van der Waals surface area contributed by atoms with Crippen LogP contribution in [-0.4, -0.2) is 53.5 Å². The molecule has 1 aliphatic heterocycles. The molecule has 1 atom stereocenters. The van der Waals surface area contributed by atoms with E-state index >= 15 is 0 Å². The molecule has 2 rings (SSSR count).